The number of nitro benzene ring substituents is 1. The number of nitrogens with zero attached hydrogens (tertiary/aromatic N) is 1. The van der Waals surface area contributed by atoms with E-state index >= 15 is 0 Å². The van der Waals surface area contributed by atoms with Crippen LogP contribution in [0.3, 0.4) is 0 Å². The summed E-state index contributed by atoms with van der Waals surface area (Å²) in [7, 11) is 0. The summed E-state index contributed by atoms with van der Waals surface area (Å²) < 4.78 is 0. The molecule has 1 aromatic rings. The highest BCUT2D eigenvalue weighted by molar-refractivity contribution is 6.31. The zero-order valence-corrected chi connectivity index (χ0v) is 9.33. The van der Waals surface area contributed by atoms with Gasteiger partial charge in [0.2, 0.25) is 0 Å². The summed E-state index contributed by atoms with van der Waals surface area (Å²) in [5.74, 6) is 0. The van der Waals surface area contributed by atoms with E-state index in [0.29, 0.717) is 10.7 Å². The average molecular weight is 242 g/mol. The number of hydrogen-bond donors (Lipinski definition) is 2. The van der Waals surface area contributed by atoms with Crippen LogP contribution in [0.1, 0.15) is 6.42 Å². The molecule has 86 valence electrons. The van der Waals surface area contributed by atoms with E-state index in [1.54, 1.807) is 6.07 Å². The standard InChI is InChI=1S/C10H12ClN3O2/c11-7-1-2-10(14(15)16)9(5-7)13-8-3-4-12-6-8/h1-2,5,8,12-13H,3-4,6H2. The summed E-state index contributed by atoms with van der Waals surface area (Å²) in [6, 6.07) is 4.78. The average Bonchev–Trinajstić information content (AvgIpc) is 2.70. The Morgan fingerprint density at radius 2 is 2.38 bits per heavy atom. The minimum Gasteiger partial charge on any atom is -0.375 e. The smallest absolute Gasteiger partial charge is 0.292 e. The van der Waals surface area contributed by atoms with Crippen molar-refractivity contribution in [2.75, 3.05) is 18.4 Å². The number of nitrogens with one attached hydrogen (secondary N) is 2. The number of rotatable bonds is 3. The highest BCUT2D eigenvalue weighted by atomic mass is 35.5. The van der Waals surface area contributed by atoms with Crippen LogP contribution in [0, 0.1) is 10.1 Å². The van der Waals surface area contributed by atoms with Gasteiger partial charge in [-0.15, -0.1) is 0 Å². The van der Waals surface area contributed by atoms with Gasteiger partial charge in [0.15, 0.2) is 0 Å². The minimum absolute atomic E-state index is 0.0660. The third-order valence-electron chi connectivity index (χ3n) is 2.58. The molecule has 2 N–H and O–H groups in total. The molecule has 0 radical (unpaired) electrons. The Bertz CT molecular complexity index is 405. The highest BCUT2D eigenvalue weighted by Crippen LogP contribution is 2.28. The summed E-state index contributed by atoms with van der Waals surface area (Å²) in [5, 5.41) is 17.6. The Morgan fingerprint density at radius 1 is 1.56 bits per heavy atom. The van der Waals surface area contributed by atoms with Crippen molar-refractivity contribution in [2.45, 2.75) is 12.5 Å². The van der Waals surface area contributed by atoms with Crippen molar-refractivity contribution in [1.82, 2.24) is 5.32 Å². The largest absolute Gasteiger partial charge is 0.375 e. The van der Waals surface area contributed by atoms with Gasteiger partial charge in [-0.05, 0) is 25.1 Å². The van der Waals surface area contributed by atoms with E-state index in [-0.39, 0.29) is 11.7 Å². The van der Waals surface area contributed by atoms with Crippen molar-refractivity contribution in [1.29, 1.82) is 0 Å². The van der Waals surface area contributed by atoms with E-state index in [1.807, 2.05) is 0 Å². The van der Waals surface area contributed by atoms with Gasteiger partial charge in [0, 0.05) is 23.7 Å². The minimum atomic E-state index is -0.402. The third kappa shape index (κ3) is 2.43. The van der Waals surface area contributed by atoms with Gasteiger partial charge < -0.3 is 10.6 Å². The second-order valence-electron chi connectivity index (χ2n) is 3.75. The fraction of sp³-hybridized carbons (Fsp3) is 0.400. The topological polar surface area (TPSA) is 67.2 Å². The van der Waals surface area contributed by atoms with Gasteiger partial charge in [-0.25, -0.2) is 0 Å². The lowest BCUT2D eigenvalue weighted by atomic mass is 10.2. The van der Waals surface area contributed by atoms with E-state index < -0.39 is 4.92 Å². The number of halogens is 1. The maximum absolute atomic E-state index is 10.8. The Morgan fingerprint density at radius 3 is 3.00 bits per heavy atom. The van der Waals surface area contributed by atoms with Crippen molar-refractivity contribution in [3.8, 4) is 0 Å². The Kier molecular flexibility index (Phi) is 3.26. The molecule has 6 heteroatoms. The summed E-state index contributed by atoms with van der Waals surface area (Å²) in [6.45, 7) is 1.76. The summed E-state index contributed by atoms with van der Waals surface area (Å²) in [5.41, 5.74) is 0.558. The van der Waals surface area contributed by atoms with Gasteiger partial charge in [-0.3, -0.25) is 10.1 Å². The molecule has 0 aromatic heterocycles. The fourth-order valence-corrected chi connectivity index (χ4v) is 1.95. The van der Waals surface area contributed by atoms with Crippen LogP contribution in [-0.2, 0) is 0 Å². The molecule has 1 heterocycles. The number of anilines is 1. The molecule has 0 aliphatic carbocycles. The molecule has 2 rings (SSSR count). The van der Waals surface area contributed by atoms with Crippen LogP contribution in [0.25, 0.3) is 0 Å². The normalized spacial score (nSPS) is 19.7. The Labute approximate surface area is 97.9 Å². The molecular weight excluding hydrogens is 230 g/mol. The van der Waals surface area contributed by atoms with Crippen LogP contribution in [0.4, 0.5) is 11.4 Å². The Balaban J connectivity index is 2.22. The van der Waals surface area contributed by atoms with Crippen LogP contribution in [-0.4, -0.2) is 24.1 Å². The fourth-order valence-electron chi connectivity index (χ4n) is 1.78. The predicted octanol–water partition coefficient (Wildman–Crippen LogP) is 2.02. The first-order chi connectivity index (χ1) is 7.66. The molecule has 1 atom stereocenters. The van der Waals surface area contributed by atoms with Gasteiger partial charge >= 0.3 is 0 Å². The summed E-state index contributed by atoms with van der Waals surface area (Å²) >= 11 is 5.83. The van der Waals surface area contributed by atoms with Crippen LogP contribution in [0.2, 0.25) is 5.02 Å². The monoisotopic (exact) mass is 241 g/mol. The van der Waals surface area contributed by atoms with Crippen molar-refractivity contribution >= 4 is 23.0 Å². The third-order valence-corrected chi connectivity index (χ3v) is 2.81. The first kappa shape index (κ1) is 11.2. The first-order valence-corrected chi connectivity index (χ1v) is 5.46. The predicted molar refractivity (Wildman–Crippen MR) is 63.0 cm³/mol. The van der Waals surface area contributed by atoms with Gasteiger partial charge in [-0.2, -0.15) is 0 Å². The number of nitro groups is 1. The molecule has 5 nitrogen and oxygen atoms in total. The van der Waals surface area contributed by atoms with Crippen LogP contribution in [0.15, 0.2) is 18.2 Å². The van der Waals surface area contributed by atoms with Crippen molar-refractivity contribution in [3.63, 3.8) is 0 Å². The molecule has 0 spiro atoms. The first-order valence-electron chi connectivity index (χ1n) is 5.08. The van der Waals surface area contributed by atoms with E-state index in [2.05, 4.69) is 10.6 Å². The number of hydrogen-bond acceptors (Lipinski definition) is 4. The molecule has 1 aromatic carbocycles. The molecule has 1 saturated heterocycles. The van der Waals surface area contributed by atoms with E-state index in [1.165, 1.54) is 12.1 Å². The van der Waals surface area contributed by atoms with Crippen LogP contribution >= 0.6 is 11.6 Å². The van der Waals surface area contributed by atoms with E-state index in [4.69, 9.17) is 11.6 Å². The lowest BCUT2D eigenvalue weighted by molar-refractivity contribution is -0.384. The van der Waals surface area contributed by atoms with Gasteiger partial charge in [-0.1, -0.05) is 11.6 Å². The van der Waals surface area contributed by atoms with Gasteiger partial charge in [0.25, 0.3) is 5.69 Å². The van der Waals surface area contributed by atoms with Crippen LogP contribution in [0.5, 0.6) is 0 Å². The molecule has 1 unspecified atom stereocenters. The van der Waals surface area contributed by atoms with Crippen molar-refractivity contribution in [2.24, 2.45) is 0 Å². The second kappa shape index (κ2) is 4.67. The van der Waals surface area contributed by atoms with E-state index in [9.17, 15) is 10.1 Å². The molecule has 16 heavy (non-hydrogen) atoms. The Hall–Kier alpha value is -1.33. The SMILES string of the molecule is O=[N+]([O-])c1ccc(Cl)cc1NC1CCNC1. The molecule has 0 amide bonds. The molecular formula is C10H12ClN3O2. The molecule has 0 bridgehead atoms. The zero-order chi connectivity index (χ0) is 11.5. The quantitative estimate of drug-likeness (QED) is 0.628. The lowest BCUT2D eigenvalue weighted by Crippen LogP contribution is -2.22. The second-order valence-corrected chi connectivity index (χ2v) is 4.19. The highest BCUT2D eigenvalue weighted by Gasteiger charge is 2.19. The molecule has 0 saturated carbocycles. The van der Waals surface area contributed by atoms with Gasteiger partial charge in [0.05, 0.1) is 4.92 Å². The van der Waals surface area contributed by atoms with Crippen molar-refractivity contribution < 1.29 is 4.92 Å². The zero-order valence-electron chi connectivity index (χ0n) is 8.57. The molecule has 1 aliphatic heterocycles. The summed E-state index contributed by atoms with van der Waals surface area (Å²) in [4.78, 5) is 10.4. The van der Waals surface area contributed by atoms with E-state index in [0.717, 1.165) is 19.5 Å². The lowest BCUT2D eigenvalue weighted by Gasteiger charge is -2.13. The maximum atomic E-state index is 10.8. The van der Waals surface area contributed by atoms with Crippen LogP contribution < -0.4 is 10.6 Å². The summed E-state index contributed by atoms with van der Waals surface area (Å²) in [6.07, 6.45) is 0.962. The maximum Gasteiger partial charge on any atom is 0.292 e. The number of benzene rings is 1. The van der Waals surface area contributed by atoms with Gasteiger partial charge in [0.1, 0.15) is 5.69 Å². The molecule has 1 fully saturated rings. The van der Waals surface area contributed by atoms with Crippen molar-refractivity contribution in [3.05, 3.63) is 33.3 Å². The molecule has 1 aliphatic rings.